The van der Waals surface area contributed by atoms with Gasteiger partial charge in [-0.2, -0.15) is 0 Å². The summed E-state index contributed by atoms with van der Waals surface area (Å²) in [4.78, 5) is 19.9. The van der Waals surface area contributed by atoms with E-state index in [2.05, 4.69) is 76.5 Å². The average Bonchev–Trinajstić information content (AvgIpc) is 2.85. The molecule has 1 fully saturated rings. The first-order valence-corrected chi connectivity index (χ1v) is 11.7. The van der Waals surface area contributed by atoms with Crippen LogP contribution in [0, 0.1) is 0 Å². The number of hydrogen-bond donors (Lipinski definition) is 0. The molecule has 32 heavy (non-hydrogen) atoms. The molecule has 2 heterocycles. The molecule has 0 bridgehead atoms. The minimum atomic E-state index is 0.152. The fourth-order valence-corrected chi connectivity index (χ4v) is 4.88. The highest BCUT2D eigenvalue weighted by Gasteiger charge is 2.22. The van der Waals surface area contributed by atoms with E-state index < -0.39 is 0 Å². The van der Waals surface area contributed by atoms with E-state index in [0.717, 1.165) is 51.4 Å². The lowest BCUT2D eigenvalue weighted by atomic mass is 10.0. The van der Waals surface area contributed by atoms with Gasteiger partial charge in [0.25, 0.3) is 5.91 Å². The average molecular weight is 426 g/mol. The minimum absolute atomic E-state index is 0.152. The summed E-state index contributed by atoms with van der Waals surface area (Å²) in [5.74, 6) is 0.152. The fourth-order valence-electron chi connectivity index (χ4n) is 4.88. The number of anilines is 1. The van der Waals surface area contributed by atoms with E-state index in [-0.39, 0.29) is 5.91 Å². The summed E-state index contributed by atoms with van der Waals surface area (Å²) in [7, 11) is 0. The molecule has 0 saturated carbocycles. The molecule has 2 aliphatic heterocycles. The predicted molar refractivity (Wildman–Crippen MR) is 130 cm³/mol. The summed E-state index contributed by atoms with van der Waals surface area (Å²) in [5, 5.41) is 0. The second-order valence-electron chi connectivity index (χ2n) is 8.90. The van der Waals surface area contributed by atoms with Crippen LogP contribution >= 0.6 is 0 Å². The van der Waals surface area contributed by atoms with Gasteiger partial charge in [0.15, 0.2) is 0 Å². The number of benzene rings is 3. The van der Waals surface area contributed by atoms with Crippen LogP contribution in [0.15, 0.2) is 78.9 Å². The molecule has 0 unspecified atom stereocenters. The third kappa shape index (κ3) is 4.71. The van der Waals surface area contributed by atoms with Crippen LogP contribution < -0.4 is 4.90 Å². The Hall–Kier alpha value is -3.11. The van der Waals surface area contributed by atoms with Crippen molar-refractivity contribution >= 4 is 11.6 Å². The zero-order chi connectivity index (χ0) is 21.8. The molecule has 0 spiro atoms. The third-order valence-electron chi connectivity index (χ3n) is 6.69. The van der Waals surface area contributed by atoms with E-state index in [1.54, 1.807) is 0 Å². The smallest absolute Gasteiger partial charge is 0.253 e. The summed E-state index contributed by atoms with van der Waals surface area (Å²) in [5.41, 5.74) is 6.18. The number of aryl methyl sites for hydroxylation is 1. The van der Waals surface area contributed by atoms with Crippen molar-refractivity contribution < 1.29 is 4.79 Å². The quantitative estimate of drug-likeness (QED) is 0.598. The van der Waals surface area contributed by atoms with E-state index in [4.69, 9.17) is 0 Å². The van der Waals surface area contributed by atoms with E-state index in [0.29, 0.717) is 0 Å². The van der Waals surface area contributed by atoms with Gasteiger partial charge in [-0.15, -0.1) is 0 Å². The van der Waals surface area contributed by atoms with Crippen molar-refractivity contribution in [1.82, 2.24) is 9.80 Å². The Kier molecular flexibility index (Phi) is 6.22. The summed E-state index contributed by atoms with van der Waals surface area (Å²) in [6.45, 7) is 6.36. The second kappa shape index (κ2) is 9.58. The molecule has 4 heteroatoms. The Balaban J connectivity index is 1.17. The summed E-state index contributed by atoms with van der Waals surface area (Å²) in [6, 6.07) is 27.5. The van der Waals surface area contributed by atoms with E-state index in [1.807, 2.05) is 17.0 Å². The van der Waals surface area contributed by atoms with Gasteiger partial charge in [-0.3, -0.25) is 9.69 Å². The third-order valence-corrected chi connectivity index (χ3v) is 6.69. The van der Waals surface area contributed by atoms with Crippen LogP contribution in [0.5, 0.6) is 0 Å². The van der Waals surface area contributed by atoms with Gasteiger partial charge < -0.3 is 9.80 Å². The molecule has 0 aromatic heterocycles. The lowest BCUT2D eigenvalue weighted by Crippen LogP contribution is -2.48. The van der Waals surface area contributed by atoms with Crippen molar-refractivity contribution in [1.29, 1.82) is 0 Å². The summed E-state index contributed by atoms with van der Waals surface area (Å²) < 4.78 is 0. The Morgan fingerprint density at radius 3 is 2.16 bits per heavy atom. The molecule has 1 saturated heterocycles. The highest BCUT2D eigenvalue weighted by Crippen LogP contribution is 2.28. The highest BCUT2D eigenvalue weighted by atomic mass is 16.2. The molecule has 5 rings (SSSR count). The van der Waals surface area contributed by atoms with E-state index >= 15 is 0 Å². The van der Waals surface area contributed by atoms with Crippen molar-refractivity contribution in [2.45, 2.75) is 25.9 Å². The van der Waals surface area contributed by atoms with Gasteiger partial charge in [-0.25, -0.2) is 0 Å². The van der Waals surface area contributed by atoms with Crippen molar-refractivity contribution in [3.63, 3.8) is 0 Å². The number of para-hydroxylation sites is 1. The monoisotopic (exact) mass is 425 g/mol. The molecule has 0 radical (unpaired) electrons. The number of hydrogen-bond acceptors (Lipinski definition) is 3. The van der Waals surface area contributed by atoms with Gasteiger partial charge in [-0.1, -0.05) is 60.7 Å². The van der Waals surface area contributed by atoms with Crippen LogP contribution in [0.2, 0.25) is 0 Å². The number of piperazine rings is 1. The molecule has 3 aromatic rings. The normalized spacial score (nSPS) is 16.6. The van der Waals surface area contributed by atoms with Crippen LogP contribution in [-0.2, 0) is 19.5 Å². The standard InChI is InChI=1S/C28H31N3O/c32-28(30-19-17-29(18-20-30)21-23-7-2-1-3-8-23)26-14-12-24(13-15-26)22-31-16-6-10-25-9-4-5-11-27(25)31/h1-5,7-9,11-15H,6,10,16-22H2. The van der Waals surface area contributed by atoms with Gasteiger partial charge in [0, 0.05) is 57.1 Å². The Labute approximate surface area is 191 Å². The van der Waals surface area contributed by atoms with Gasteiger partial charge >= 0.3 is 0 Å². The molecular weight excluding hydrogens is 394 g/mol. The molecule has 0 atom stereocenters. The Morgan fingerprint density at radius 2 is 1.38 bits per heavy atom. The van der Waals surface area contributed by atoms with Gasteiger partial charge in [0.1, 0.15) is 0 Å². The number of rotatable bonds is 5. The molecule has 1 amide bonds. The zero-order valence-electron chi connectivity index (χ0n) is 18.6. The van der Waals surface area contributed by atoms with Crippen LogP contribution in [0.3, 0.4) is 0 Å². The molecular formula is C28H31N3O. The number of nitrogens with zero attached hydrogens (tertiary/aromatic N) is 3. The van der Waals surface area contributed by atoms with Crippen LogP contribution in [0.1, 0.15) is 33.5 Å². The van der Waals surface area contributed by atoms with Crippen LogP contribution in [-0.4, -0.2) is 48.4 Å². The van der Waals surface area contributed by atoms with Crippen LogP contribution in [0.25, 0.3) is 0 Å². The van der Waals surface area contributed by atoms with Crippen LogP contribution in [0.4, 0.5) is 5.69 Å². The van der Waals surface area contributed by atoms with Gasteiger partial charge in [0.2, 0.25) is 0 Å². The summed E-state index contributed by atoms with van der Waals surface area (Å²) >= 11 is 0. The first-order chi connectivity index (χ1) is 15.8. The molecule has 4 nitrogen and oxygen atoms in total. The highest BCUT2D eigenvalue weighted by molar-refractivity contribution is 5.94. The Bertz CT molecular complexity index is 1040. The minimum Gasteiger partial charge on any atom is -0.367 e. The van der Waals surface area contributed by atoms with Crippen molar-refractivity contribution in [3.05, 3.63) is 101 Å². The lowest BCUT2D eigenvalue weighted by Gasteiger charge is -2.35. The number of amides is 1. The number of carbonyl (C=O) groups is 1. The van der Waals surface area contributed by atoms with Gasteiger partial charge in [0.05, 0.1) is 0 Å². The molecule has 0 aliphatic carbocycles. The number of carbonyl (C=O) groups excluding carboxylic acids is 1. The molecule has 0 N–H and O–H groups in total. The second-order valence-corrected chi connectivity index (χ2v) is 8.90. The number of fused-ring (bicyclic) bond motifs is 1. The van der Waals surface area contributed by atoms with E-state index in [9.17, 15) is 4.79 Å². The zero-order valence-corrected chi connectivity index (χ0v) is 18.6. The maximum Gasteiger partial charge on any atom is 0.253 e. The van der Waals surface area contributed by atoms with Gasteiger partial charge in [-0.05, 0) is 47.7 Å². The fraction of sp³-hybridized carbons (Fsp3) is 0.321. The van der Waals surface area contributed by atoms with Crippen molar-refractivity contribution in [2.75, 3.05) is 37.6 Å². The Morgan fingerprint density at radius 1 is 0.688 bits per heavy atom. The maximum atomic E-state index is 13.0. The van der Waals surface area contributed by atoms with Crippen molar-refractivity contribution in [2.24, 2.45) is 0 Å². The summed E-state index contributed by atoms with van der Waals surface area (Å²) in [6.07, 6.45) is 2.36. The molecule has 164 valence electrons. The van der Waals surface area contributed by atoms with E-state index in [1.165, 1.54) is 35.2 Å². The maximum absolute atomic E-state index is 13.0. The SMILES string of the molecule is O=C(c1ccc(CN2CCCc3ccccc32)cc1)N1CCN(Cc2ccccc2)CC1. The first kappa shape index (κ1) is 20.8. The van der Waals surface area contributed by atoms with Crippen molar-refractivity contribution in [3.8, 4) is 0 Å². The lowest BCUT2D eigenvalue weighted by molar-refractivity contribution is 0.0628. The molecule has 3 aromatic carbocycles. The predicted octanol–water partition coefficient (Wildman–Crippen LogP) is 4.60. The molecule has 2 aliphatic rings. The topological polar surface area (TPSA) is 26.8 Å². The largest absolute Gasteiger partial charge is 0.367 e. The first-order valence-electron chi connectivity index (χ1n) is 11.7.